The van der Waals surface area contributed by atoms with Gasteiger partial charge in [0, 0.05) is 25.1 Å². The third kappa shape index (κ3) is 2.22. The molecule has 4 nitrogen and oxygen atoms in total. The van der Waals surface area contributed by atoms with E-state index >= 15 is 0 Å². The molecule has 0 amide bonds. The summed E-state index contributed by atoms with van der Waals surface area (Å²) in [6, 6.07) is 12.8. The van der Waals surface area contributed by atoms with Gasteiger partial charge in [0.2, 0.25) is 10.0 Å². The summed E-state index contributed by atoms with van der Waals surface area (Å²) >= 11 is 0. The lowest BCUT2D eigenvalue weighted by molar-refractivity contribution is 0.233. The van der Waals surface area contributed by atoms with Gasteiger partial charge in [-0.05, 0) is 23.8 Å². The van der Waals surface area contributed by atoms with Gasteiger partial charge in [0.05, 0.1) is 4.90 Å². The predicted molar refractivity (Wildman–Crippen MR) is 77.9 cm³/mol. The van der Waals surface area contributed by atoms with Crippen LogP contribution in [-0.2, 0) is 10.0 Å². The number of aliphatic hydroxyl groups is 1. The van der Waals surface area contributed by atoms with Gasteiger partial charge >= 0.3 is 0 Å². The van der Waals surface area contributed by atoms with Gasteiger partial charge in [0.25, 0.3) is 0 Å². The Kier molecular flexibility index (Phi) is 3.50. The van der Waals surface area contributed by atoms with Crippen LogP contribution in [0.25, 0.3) is 10.8 Å². The quantitative estimate of drug-likeness (QED) is 0.939. The van der Waals surface area contributed by atoms with Crippen molar-refractivity contribution in [1.82, 2.24) is 4.31 Å². The SMILES string of the molecule is O=S(=O)(c1cccc2ccccc12)N1CCC(CO)C1. The third-order valence-corrected chi connectivity index (χ3v) is 5.80. The zero-order valence-corrected chi connectivity index (χ0v) is 11.9. The lowest BCUT2D eigenvalue weighted by atomic mass is 10.1. The molecule has 3 rings (SSSR count). The van der Waals surface area contributed by atoms with Gasteiger partial charge in [-0.25, -0.2) is 8.42 Å². The van der Waals surface area contributed by atoms with Crippen molar-refractivity contribution in [2.45, 2.75) is 11.3 Å². The first kappa shape index (κ1) is 13.5. The van der Waals surface area contributed by atoms with Crippen LogP contribution in [0, 0.1) is 5.92 Å². The normalized spacial score (nSPS) is 20.6. The molecular weight excluding hydrogens is 274 g/mol. The van der Waals surface area contributed by atoms with Crippen molar-refractivity contribution in [2.24, 2.45) is 5.92 Å². The highest BCUT2D eigenvalue weighted by molar-refractivity contribution is 7.89. The molecule has 1 unspecified atom stereocenters. The maximum Gasteiger partial charge on any atom is 0.243 e. The third-order valence-electron chi connectivity index (χ3n) is 3.87. The van der Waals surface area contributed by atoms with Crippen LogP contribution >= 0.6 is 0 Å². The Balaban J connectivity index is 2.06. The van der Waals surface area contributed by atoms with Crippen LogP contribution in [0.4, 0.5) is 0 Å². The summed E-state index contributed by atoms with van der Waals surface area (Å²) in [5.41, 5.74) is 0. The van der Waals surface area contributed by atoms with Gasteiger partial charge in [-0.2, -0.15) is 4.31 Å². The molecule has 1 N–H and O–H groups in total. The van der Waals surface area contributed by atoms with E-state index in [0.717, 1.165) is 17.2 Å². The van der Waals surface area contributed by atoms with E-state index in [4.69, 9.17) is 0 Å². The first-order chi connectivity index (χ1) is 9.63. The molecule has 2 aromatic carbocycles. The van der Waals surface area contributed by atoms with Gasteiger partial charge < -0.3 is 5.11 Å². The van der Waals surface area contributed by atoms with Crippen molar-refractivity contribution in [2.75, 3.05) is 19.7 Å². The number of rotatable bonds is 3. The van der Waals surface area contributed by atoms with E-state index < -0.39 is 10.0 Å². The Morgan fingerprint density at radius 2 is 1.90 bits per heavy atom. The first-order valence-electron chi connectivity index (χ1n) is 6.71. The highest BCUT2D eigenvalue weighted by atomic mass is 32.2. The molecule has 0 saturated carbocycles. The summed E-state index contributed by atoms with van der Waals surface area (Å²) in [7, 11) is -3.49. The van der Waals surface area contributed by atoms with Crippen molar-refractivity contribution >= 4 is 20.8 Å². The molecule has 1 aliphatic heterocycles. The summed E-state index contributed by atoms with van der Waals surface area (Å²) in [4.78, 5) is 0.356. The Hall–Kier alpha value is -1.43. The molecule has 1 fully saturated rings. The van der Waals surface area contributed by atoms with E-state index in [2.05, 4.69) is 0 Å². The fourth-order valence-electron chi connectivity index (χ4n) is 2.72. The zero-order chi connectivity index (χ0) is 14.2. The van der Waals surface area contributed by atoms with Crippen molar-refractivity contribution in [3.63, 3.8) is 0 Å². The summed E-state index contributed by atoms with van der Waals surface area (Å²) < 4.78 is 27.0. The Morgan fingerprint density at radius 1 is 1.15 bits per heavy atom. The van der Waals surface area contributed by atoms with Crippen LogP contribution < -0.4 is 0 Å². The minimum Gasteiger partial charge on any atom is -0.396 e. The van der Waals surface area contributed by atoms with Gasteiger partial charge in [-0.3, -0.25) is 0 Å². The minimum absolute atomic E-state index is 0.0432. The molecule has 0 aromatic heterocycles. The summed E-state index contributed by atoms with van der Waals surface area (Å²) in [5, 5.41) is 10.8. The monoisotopic (exact) mass is 291 g/mol. The molecule has 1 atom stereocenters. The van der Waals surface area contributed by atoms with Crippen molar-refractivity contribution < 1.29 is 13.5 Å². The fraction of sp³-hybridized carbons (Fsp3) is 0.333. The number of hydrogen-bond donors (Lipinski definition) is 1. The molecule has 1 heterocycles. The molecule has 0 aliphatic carbocycles. The van der Waals surface area contributed by atoms with Gasteiger partial charge in [-0.1, -0.05) is 36.4 Å². The van der Waals surface area contributed by atoms with Crippen molar-refractivity contribution in [3.05, 3.63) is 42.5 Å². The smallest absolute Gasteiger partial charge is 0.243 e. The molecule has 5 heteroatoms. The number of benzene rings is 2. The molecule has 0 radical (unpaired) electrons. The number of sulfonamides is 1. The summed E-state index contributed by atoms with van der Waals surface area (Å²) in [5.74, 6) is 0.0553. The minimum atomic E-state index is -3.49. The predicted octanol–water partition coefficient (Wildman–Crippen LogP) is 1.84. The second-order valence-corrected chi connectivity index (χ2v) is 7.08. The first-order valence-corrected chi connectivity index (χ1v) is 8.15. The fourth-order valence-corrected chi connectivity index (χ4v) is 4.47. The molecule has 0 bridgehead atoms. The van der Waals surface area contributed by atoms with Crippen LogP contribution in [0.15, 0.2) is 47.4 Å². The number of aliphatic hydroxyl groups excluding tert-OH is 1. The van der Waals surface area contributed by atoms with Crippen LogP contribution in [0.5, 0.6) is 0 Å². The van der Waals surface area contributed by atoms with Crippen LogP contribution in [0.3, 0.4) is 0 Å². The second-order valence-electron chi connectivity index (χ2n) is 5.18. The number of fused-ring (bicyclic) bond motifs is 1. The van der Waals surface area contributed by atoms with Gasteiger partial charge in [0.15, 0.2) is 0 Å². The standard InChI is InChI=1S/C15H17NO3S/c17-11-12-8-9-16(10-12)20(18,19)15-7-3-5-13-4-1-2-6-14(13)15/h1-7,12,17H,8-11H2. The average molecular weight is 291 g/mol. The molecular formula is C15H17NO3S. The lowest BCUT2D eigenvalue weighted by Crippen LogP contribution is -2.29. The molecule has 20 heavy (non-hydrogen) atoms. The maximum absolute atomic E-state index is 12.8. The molecule has 106 valence electrons. The van der Waals surface area contributed by atoms with Gasteiger partial charge in [0.1, 0.15) is 0 Å². The largest absolute Gasteiger partial charge is 0.396 e. The van der Waals surface area contributed by atoms with Crippen molar-refractivity contribution in [3.8, 4) is 0 Å². The molecule has 1 aliphatic rings. The molecule has 2 aromatic rings. The highest BCUT2D eigenvalue weighted by Gasteiger charge is 2.32. The number of hydrogen-bond acceptors (Lipinski definition) is 3. The van der Waals surface area contributed by atoms with Gasteiger partial charge in [-0.15, -0.1) is 0 Å². The van der Waals surface area contributed by atoms with E-state index in [9.17, 15) is 13.5 Å². The van der Waals surface area contributed by atoms with Crippen LogP contribution in [-0.4, -0.2) is 37.5 Å². The summed E-state index contributed by atoms with van der Waals surface area (Å²) in [6.07, 6.45) is 0.723. The summed E-state index contributed by atoms with van der Waals surface area (Å²) in [6.45, 7) is 0.931. The second kappa shape index (κ2) is 5.16. The molecule has 0 spiro atoms. The van der Waals surface area contributed by atoms with E-state index in [1.165, 1.54) is 4.31 Å². The maximum atomic E-state index is 12.8. The van der Waals surface area contributed by atoms with E-state index in [1.54, 1.807) is 12.1 Å². The number of nitrogens with zero attached hydrogens (tertiary/aromatic N) is 1. The van der Waals surface area contributed by atoms with E-state index in [1.807, 2.05) is 30.3 Å². The lowest BCUT2D eigenvalue weighted by Gasteiger charge is -2.17. The average Bonchev–Trinajstić information content (AvgIpc) is 2.96. The Labute approximate surface area is 118 Å². The molecule has 1 saturated heterocycles. The van der Waals surface area contributed by atoms with Crippen molar-refractivity contribution in [1.29, 1.82) is 0 Å². The zero-order valence-electron chi connectivity index (χ0n) is 11.1. The Bertz CT molecular complexity index is 721. The van der Waals surface area contributed by atoms with E-state index in [-0.39, 0.29) is 12.5 Å². The van der Waals surface area contributed by atoms with E-state index in [0.29, 0.717) is 18.0 Å². The topological polar surface area (TPSA) is 57.6 Å². The van der Waals surface area contributed by atoms with Crippen LogP contribution in [0.2, 0.25) is 0 Å². The Morgan fingerprint density at radius 3 is 2.65 bits per heavy atom. The van der Waals surface area contributed by atoms with Crippen LogP contribution in [0.1, 0.15) is 6.42 Å². The highest BCUT2D eigenvalue weighted by Crippen LogP contribution is 2.29.